The summed E-state index contributed by atoms with van der Waals surface area (Å²) in [4.78, 5) is 4.47. The molecule has 0 amide bonds. The minimum Gasteiger partial charge on any atom is -0.494 e. The molecule has 4 heteroatoms. The van der Waals surface area contributed by atoms with Gasteiger partial charge in [0, 0.05) is 11.3 Å². The number of aromatic nitrogens is 1. The largest absolute Gasteiger partial charge is 0.494 e. The van der Waals surface area contributed by atoms with Crippen LogP contribution in [0.1, 0.15) is 49.4 Å². The maximum Gasteiger partial charge on any atom is 0.142 e. The molecule has 0 radical (unpaired) electrons. The fraction of sp³-hybridized carbons (Fsp3) is 0.400. The Kier molecular flexibility index (Phi) is 5.00. The second kappa shape index (κ2) is 7.35. The van der Waals surface area contributed by atoms with Gasteiger partial charge >= 0.3 is 0 Å². The molecule has 0 atom stereocenters. The van der Waals surface area contributed by atoms with E-state index in [0.29, 0.717) is 11.4 Å². The van der Waals surface area contributed by atoms with Crippen LogP contribution in [0.5, 0.6) is 5.75 Å². The number of aryl methyl sites for hydroxylation is 1. The van der Waals surface area contributed by atoms with E-state index in [1.54, 1.807) is 0 Å². The van der Waals surface area contributed by atoms with Crippen molar-refractivity contribution in [2.45, 2.75) is 45.4 Å². The lowest BCUT2D eigenvalue weighted by Gasteiger charge is -2.21. The van der Waals surface area contributed by atoms with Gasteiger partial charge in [0.1, 0.15) is 23.2 Å². The lowest BCUT2D eigenvalue weighted by atomic mass is 9.86. The number of hydrogen-bond donors (Lipinski definition) is 1. The van der Waals surface area contributed by atoms with Crippen molar-refractivity contribution in [2.24, 2.45) is 0 Å². The monoisotopic (exact) mass is 321 g/mol. The summed E-state index contributed by atoms with van der Waals surface area (Å²) >= 11 is 0. The maximum atomic E-state index is 9.57. The first-order chi connectivity index (χ1) is 11.7. The van der Waals surface area contributed by atoms with Crippen molar-refractivity contribution in [1.29, 1.82) is 5.26 Å². The van der Waals surface area contributed by atoms with Gasteiger partial charge < -0.3 is 10.5 Å². The Balaban J connectivity index is 1.99. The highest BCUT2D eigenvalue weighted by atomic mass is 16.5. The van der Waals surface area contributed by atoms with E-state index in [4.69, 9.17) is 10.5 Å². The van der Waals surface area contributed by atoms with E-state index in [1.807, 2.05) is 24.3 Å². The first-order valence-electron chi connectivity index (χ1n) is 8.69. The minimum atomic E-state index is 0.344. The lowest BCUT2D eigenvalue weighted by molar-refractivity contribution is 0.309. The molecule has 1 heterocycles. The molecule has 1 aromatic heterocycles. The first-order valence-corrected chi connectivity index (χ1v) is 8.69. The van der Waals surface area contributed by atoms with Gasteiger partial charge in [0.15, 0.2) is 0 Å². The summed E-state index contributed by atoms with van der Waals surface area (Å²) in [7, 11) is 0. The Morgan fingerprint density at radius 3 is 2.67 bits per heavy atom. The molecule has 1 aromatic carbocycles. The molecule has 1 aliphatic rings. The van der Waals surface area contributed by atoms with Gasteiger partial charge in [-0.05, 0) is 55.4 Å². The Bertz CT molecular complexity index is 760. The molecule has 0 unspecified atom stereocenters. The maximum absolute atomic E-state index is 9.57. The third kappa shape index (κ3) is 3.21. The molecule has 124 valence electrons. The number of pyridine rings is 1. The summed E-state index contributed by atoms with van der Waals surface area (Å²) in [5, 5.41) is 9.57. The molecule has 3 rings (SSSR count). The first kappa shape index (κ1) is 16.3. The molecular weight excluding hydrogens is 298 g/mol. The molecular formula is C20H23N3O. The zero-order chi connectivity index (χ0) is 16.9. The van der Waals surface area contributed by atoms with E-state index in [1.165, 1.54) is 5.56 Å². The normalized spacial score (nSPS) is 13.2. The number of anilines is 1. The zero-order valence-electron chi connectivity index (χ0n) is 14.1. The van der Waals surface area contributed by atoms with Crippen molar-refractivity contribution in [2.75, 3.05) is 12.3 Å². The van der Waals surface area contributed by atoms with E-state index < -0.39 is 0 Å². The second-order valence-electron chi connectivity index (χ2n) is 6.22. The van der Waals surface area contributed by atoms with Crippen molar-refractivity contribution in [3.63, 3.8) is 0 Å². The molecule has 2 aromatic rings. The summed E-state index contributed by atoms with van der Waals surface area (Å²) in [6, 6.07) is 10.2. The number of nitrogens with two attached hydrogens (primary N) is 1. The van der Waals surface area contributed by atoms with Crippen LogP contribution in [0.4, 0.5) is 5.82 Å². The highest BCUT2D eigenvalue weighted by molar-refractivity contribution is 5.79. The predicted octanol–water partition coefficient (Wildman–Crippen LogP) is 4.26. The van der Waals surface area contributed by atoms with Gasteiger partial charge in [-0.1, -0.05) is 25.5 Å². The summed E-state index contributed by atoms with van der Waals surface area (Å²) < 4.78 is 5.73. The van der Waals surface area contributed by atoms with Crippen LogP contribution in [0.3, 0.4) is 0 Å². The van der Waals surface area contributed by atoms with Crippen LogP contribution in [0.15, 0.2) is 24.3 Å². The van der Waals surface area contributed by atoms with Crippen LogP contribution in [0, 0.1) is 11.3 Å². The molecule has 0 aliphatic heterocycles. The van der Waals surface area contributed by atoms with Gasteiger partial charge in [-0.3, -0.25) is 0 Å². The van der Waals surface area contributed by atoms with Crippen LogP contribution in [0.2, 0.25) is 0 Å². The van der Waals surface area contributed by atoms with Crippen molar-refractivity contribution in [3.05, 3.63) is 41.1 Å². The van der Waals surface area contributed by atoms with E-state index in [9.17, 15) is 5.26 Å². The van der Waals surface area contributed by atoms with Gasteiger partial charge in [0.05, 0.1) is 6.61 Å². The molecule has 0 saturated carbocycles. The van der Waals surface area contributed by atoms with Crippen molar-refractivity contribution < 1.29 is 4.74 Å². The number of unbranched alkanes of at least 4 members (excludes halogenated alkanes) is 1. The number of hydrogen-bond acceptors (Lipinski definition) is 4. The average Bonchev–Trinajstić information content (AvgIpc) is 2.61. The second-order valence-corrected chi connectivity index (χ2v) is 6.22. The van der Waals surface area contributed by atoms with Gasteiger partial charge in [0.25, 0.3) is 0 Å². The average molecular weight is 321 g/mol. The molecule has 4 nitrogen and oxygen atoms in total. The number of fused-ring (bicyclic) bond motifs is 1. The molecule has 24 heavy (non-hydrogen) atoms. The SMILES string of the molecule is CCCCOc1ccc(-c2c(C#N)c(N)nc3c2CCCC3)cc1. The Morgan fingerprint density at radius 1 is 1.21 bits per heavy atom. The number of benzene rings is 1. The van der Waals surface area contributed by atoms with Crippen LogP contribution in [0.25, 0.3) is 11.1 Å². The molecule has 0 saturated heterocycles. The van der Waals surface area contributed by atoms with Gasteiger partial charge in [-0.15, -0.1) is 0 Å². The number of nitrogen functional groups attached to an aromatic ring is 1. The third-order valence-electron chi connectivity index (χ3n) is 4.52. The number of ether oxygens (including phenoxy) is 1. The van der Waals surface area contributed by atoms with Crippen LogP contribution >= 0.6 is 0 Å². The zero-order valence-corrected chi connectivity index (χ0v) is 14.1. The van der Waals surface area contributed by atoms with Gasteiger partial charge in [0.2, 0.25) is 0 Å². The highest BCUT2D eigenvalue weighted by Crippen LogP contribution is 2.36. The molecule has 1 aliphatic carbocycles. The van der Waals surface area contributed by atoms with Gasteiger partial charge in [-0.25, -0.2) is 4.98 Å². The van der Waals surface area contributed by atoms with Gasteiger partial charge in [-0.2, -0.15) is 5.26 Å². The smallest absolute Gasteiger partial charge is 0.142 e. The summed E-state index contributed by atoms with van der Waals surface area (Å²) in [6.45, 7) is 2.88. The summed E-state index contributed by atoms with van der Waals surface area (Å²) in [5.41, 5.74) is 10.8. The fourth-order valence-corrected chi connectivity index (χ4v) is 3.25. The van der Waals surface area contributed by atoms with E-state index in [0.717, 1.165) is 67.7 Å². The van der Waals surface area contributed by atoms with E-state index in [-0.39, 0.29) is 0 Å². The van der Waals surface area contributed by atoms with E-state index >= 15 is 0 Å². The molecule has 2 N–H and O–H groups in total. The Hall–Kier alpha value is -2.54. The highest BCUT2D eigenvalue weighted by Gasteiger charge is 2.21. The molecule has 0 spiro atoms. The van der Waals surface area contributed by atoms with Crippen LogP contribution < -0.4 is 10.5 Å². The lowest BCUT2D eigenvalue weighted by Crippen LogP contribution is -2.11. The van der Waals surface area contributed by atoms with E-state index in [2.05, 4.69) is 18.0 Å². The summed E-state index contributed by atoms with van der Waals surface area (Å²) in [5.74, 6) is 1.21. The Morgan fingerprint density at radius 2 is 1.96 bits per heavy atom. The van der Waals surface area contributed by atoms with Crippen molar-refractivity contribution >= 4 is 5.82 Å². The van der Waals surface area contributed by atoms with Crippen LogP contribution in [-0.2, 0) is 12.8 Å². The third-order valence-corrected chi connectivity index (χ3v) is 4.52. The fourth-order valence-electron chi connectivity index (χ4n) is 3.25. The summed E-state index contributed by atoms with van der Waals surface area (Å²) in [6.07, 6.45) is 6.34. The number of rotatable bonds is 5. The van der Waals surface area contributed by atoms with Crippen LogP contribution in [-0.4, -0.2) is 11.6 Å². The van der Waals surface area contributed by atoms with Crippen molar-refractivity contribution in [1.82, 2.24) is 4.98 Å². The van der Waals surface area contributed by atoms with Crippen molar-refractivity contribution in [3.8, 4) is 22.9 Å². The predicted molar refractivity (Wildman–Crippen MR) is 95.8 cm³/mol. The Labute approximate surface area is 143 Å². The standard InChI is InChI=1S/C20H23N3O/c1-2-3-12-24-15-10-8-14(9-11-15)19-16-6-4-5-7-18(16)23-20(22)17(19)13-21/h8-11H,2-7,12H2,1H3,(H2,22,23). The molecule has 0 bridgehead atoms. The minimum absolute atomic E-state index is 0.344. The number of nitrogens with zero attached hydrogens (tertiary/aromatic N) is 2. The topological polar surface area (TPSA) is 71.9 Å². The molecule has 0 fully saturated rings. The number of nitriles is 1. The quantitative estimate of drug-likeness (QED) is 0.835.